The number of hydrogen-bond donors (Lipinski definition) is 0. The fourth-order valence-corrected chi connectivity index (χ4v) is 1.37. The van der Waals surface area contributed by atoms with Crippen LogP contribution in [0.4, 0.5) is 0 Å². The highest BCUT2D eigenvalue weighted by Crippen LogP contribution is 2.27. The Morgan fingerprint density at radius 3 is 2.29 bits per heavy atom. The number of methoxy groups -OCH3 is 1. The number of hydrogen-bond acceptors (Lipinski definition) is 3. The second kappa shape index (κ2) is 4.65. The first-order chi connectivity index (χ1) is 6.69. The Kier molecular flexibility index (Phi) is 3.51. The van der Waals surface area contributed by atoms with Gasteiger partial charge in [0.1, 0.15) is 18.1 Å². The van der Waals surface area contributed by atoms with Crippen LogP contribution in [0.5, 0.6) is 11.5 Å². The molecule has 76 valence electrons. The Morgan fingerprint density at radius 2 is 1.86 bits per heavy atom. The molecule has 0 heterocycles. The number of ether oxygens (including phenoxy) is 2. The Morgan fingerprint density at radius 1 is 1.29 bits per heavy atom. The molecular formula is C11H14O3. The van der Waals surface area contributed by atoms with Gasteiger partial charge >= 0.3 is 0 Å². The van der Waals surface area contributed by atoms with Gasteiger partial charge in [-0.1, -0.05) is 0 Å². The third kappa shape index (κ3) is 2.25. The van der Waals surface area contributed by atoms with Crippen LogP contribution in [0, 0.1) is 13.8 Å². The number of aldehydes is 1. The number of benzene rings is 1. The zero-order valence-electron chi connectivity index (χ0n) is 8.66. The summed E-state index contributed by atoms with van der Waals surface area (Å²) in [7, 11) is 1.63. The Balaban J connectivity index is 2.98. The van der Waals surface area contributed by atoms with Gasteiger partial charge in [-0.15, -0.1) is 0 Å². The van der Waals surface area contributed by atoms with Crippen molar-refractivity contribution in [2.24, 2.45) is 0 Å². The summed E-state index contributed by atoms with van der Waals surface area (Å²) < 4.78 is 10.4. The van der Waals surface area contributed by atoms with Crippen molar-refractivity contribution in [2.45, 2.75) is 13.8 Å². The molecule has 3 heteroatoms. The van der Waals surface area contributed by atoms with Crippen molar-refractivity contribution >= 4 is 6.29 Å². The Hall–Kier alpha value is -1.51. The molecule has 0 spiro atoms. The van der Waals surface area contributed by atoms with Crippen molar-refractivity contribution in [2.75, 3.05) is 13.7 Å². The van der Waals surface area contributed by atoms with E-state index in [1.165, 1.54) is 0 Å². The highest BCUT2D eigenvalue weighted by molar-refractivity contribution is 5.53. The lowest BCUT2D eigenvalue weighted by Crippen LogP contribution is -2.01. The maximum Gasteiger partial charge on any atom is 0.157 e. The van der Waals surface area contributed by atoms with E-state index >= 15 is 0 Å². The molecule has 0 bridgehead atoms. The van der Waals surface area contributed by atoms with Crippen molar-refractivity contribution in [3.8, 4) is 11.5 Å². The minimum atomic E-state index is 0.0913. The van der Waals surface area contributed by atoms with E-state index in [0.29, 0.717) is 0 Å². The van der Waals surface area contributed by atoms with Crippen LogP contribution in [0.2, 0.25) is 0 Å². The first-order valence-electron chi connectivity index (χ1n) is 4.40. The van der Waals surface area contributed by atoms with Crippen molar-refractivity contribution in [3.63, 3.8) is 0 Å². The minimum absolute atomic E-state index is 0.0913. The molecule has 1 aromatic rings. The van der Waals surface area contributed by atoms with E-state index in [2.05, 4.69) is 0 Å². The minimum Gasteiger partial charge on any atom is -0.497 e. The number of carbonyl (C=O) groups excluding carboxylic acids is 1. The largest absolute Gasteiger partial charge is 0.497 e. The van der Waals surface area contributed by atoms with E-state index in [-0.39, 0.29) is 6.61 Å². The maximum atomic E-state index is 10.2. The van der Waals surface area contributed by atoms with Gasteiger partial charge in [-0.3, -0.25) is 4.79 Å². The normalized spacial score (nSPS) is 9.64. The Bertz CT molecular complexity index is 308. The summed E-state index contributed by atoms with van der Waals surface area (Å²) in [5.41, 5.74) is 1.95. The van der Waals surface area contributed by atoms with E-state index < -0.39 is 0 Å². The van der Waals surface area contributed by atoms with Crippen molar-refractivity contribution in [1.82, 2.24) is 0 Å². The van der Waals surface area contributed by atoms with E-state index in [1.54, 1.807) is 7.11 Å². The summed E-state index contributed by atoms with van der Waals surface area (Å²) >= 11 is 0. The Labute approximate surface area is 83.6 Å². The molecule has 0 N–H and O–H groups in total. The number of rotatable bonds is 4. The van der Waals surface area contributed by atoms with Gasteiger partial charge in [0.25, 0.3) is 0 Å². The maximum absolute atomic E-state index is 10.2. The quantitative estimate of drug-likeness (QED) is 0.686. The van der Waals surface area contributed by atoms with Gasteiger partial charge in [0, 0.05) is 0 Å². The molecule has 3 nitrogen and oxygen atoms in total. The fraction of sp³-hybridized carbons (Fsp3) is 0.364. The molecule has 0 radical (unpaired) electrons. The summed E-state index contributed by atoms with van der Waals surface area (Å²) in [6.07, 6.45) is 0.739. The molecule has 0 atom stereocenters. The number of aryl methyl sites for hydroxylation is 2. The van der Waals surface area contributed by atoms with E-state index in [1.807, 2.05) is 26.0 Å². The lowest BCUT2D eigenvalue weighted by atomic mass is 10.1. The second-order valence-corrected chi connectivity index (χ2v) is 3.07. The topological polar surface area (TPSA) is 35.5 Å². The highest BCUT2D eigenvalue weighted by atomic mass is 16.5. The van der Waals surface area contributed by atoms with Crippen LogP contribution in [0.1, 0.15) is 11.1 Å². The van der Waals surface area contributed by atoms with Crippen molar-refractivity contribution in [1.29, 1.82) is 0 Å². The molecule has 0 saturated carbocycles. The zero-order valence-corrected chi connectivity index (χ0v) is 8.66. The van der Waals surface area contributed by atoms with Crippen LogP contribution >= 0.6 is 0 Å². The molecule has 0 saturated heterocycles. The zero-order chi connectivity index (χ0) is 10.6. The van der Waals surface area contributed by atoms with Gasteiger partial charge < -0.3 is 9.47 Å². The molecule has 1 rings (SSSR count). The molecule has 0 aliphatic heterocycles. The summed E-state index contributed by atoms with van der Waals surface area (Å²) in [5, 5.41) is 0. The lowest BCUT2D eigenvalue weighted by molar-refractivity contribution is -0.109. The van der Waals surface area contributed by atoms with E-state index in [0.717, 1.165) is 28.9 Å². The van der Waals surface area contributed by atoms with Gasteiger partial charge in [0.2, 0.25) is 0 Å². The second-order valence-electron chi connectivity index (χ2n) is 3.07. The third-order valence-electron chi connectivity index (χ3n) is 1.97. The lowest BCUT2D eigenvalue weighted by Gasteiger charge is -2.11. The van der Waals surface area contributed by atoms with Gasteiger partial charge in [-0.05, 0) is 37.1 Å². The first-order valence-corrected chi connectivity index (χ1v) is 4.40. The van der Waals surface area contributed by atoms with Crippen LogP contribution < -0.4 is 9.47 Å². The molecule has 14 heavy (non-hydrogen) atoms. The summed E-state index contributed by atoms with van der Waals surface area (Å²) in [6, 6.07) is 3.76. The van der Waals surface area contributed by atoms with Crippen LogP contribution in [0.3, 0.4) is 0 Å². The van der Waals surface area contributed by atoms with Crippen molar-refractivity contribution in [3.05, 3.63) is 23.3 Å². The predicted molar refractivity (Wildman–Crippen MR) is 54.0 cm³/mol. The molecule has 0 aromatic heterocycles. The molecule has 0 amide bonds. The van der Waals surface area contributed by atoms with Crippen molar-refractivity contribution < 1.29 is 14.3 Å². The molecule has 0 aliphatic carbocycles. The summed E-state index contributed by atoms with van der Waals surface area (Å²) in [5.74, 6) is 1.57. The average molecular weight is 194 g/mol. The summed E-state index contributed by atoms with van der Waals surface area (Å²) in [4.78, 5) is 10.2. The smallest absolute Gasteiger partial charge is 0.157 e. The molecule has 0 fully saturated rings. The molecular weight excluding hydrogens is 180 g/mol. The predicted octanol–water partition coefficient (Wildman–Crippen LogP) is 1.89. The van der Waals surface area contributed by atoms with Crippen LogP contribution in [-0.2, 0) is 4.79 Å². The third-order valence-corrected chi connectivity index (χ3v) is 1.97. The average Bonchev–Trinajstić information content (AvgIpc) is 2.16. The SMILES string of the molecule is COc1cc(C)c(OCC=O)c(C)c1. The van der Waals surface area contributed by atoms with Crippen LogP contribution in [0.15, 0.2) is 12.1 Å². The first kappa shape index (κ1) is 10.6. The molecule has 0 aliphatic rings. The number of carbonyl (C=O) groups is 1. The van der Waals surface area contributed by atoms with Crippen LogP contribution in [-0.4, -0.2) is 20.0 Å². The van der Waals surface area contributed by atoms with Gasteiger partial charge in [0.05, 0.1) is 7.11 Å². The van der Waals surface area contributed by atoms with Gasteiger partial charge in [0.15, 0.2) is 6.29 Å². The standard InChI is InChI=1S/C11H14O3/c1-8-6-10(13-3)7-9(2)11(8)14-5-4-12/h4,6-7H,5H2,1-3H3. The van der Waals surface area contributed by atoms with Gasteiger partial charge in [-0.2, -0.15) is 0 Å². The molecule has 1 aromatic carbocycles. The highest BCUT2D eigenvalue weighted by Gasteiger charge is 2.05. The van der Waals surface area contributed by atoms with Gasteiger partial charge in [-0.25, -0.2) is 0 Å². The molecule has 0 unspecified atom stereocenters. The monoisotopic (exact) mass is 194 g/mol. The van der Waals surface area contributed by atoms with E-state index in [4.69, 9.17) is 9.47 Å². The fourth-order valence-electron chi connectivity index (χ4n) is 1.37. The summed E-state index contributed by atoms with van der Waals surface area (Å²) in [6.45, 7) is 3.94. The van der Waals surface area contributed by atoms with E-state index in [9.17, 15) is 4.79 Å². The van der Waals surface area contributed by atoms with Crippen LogP contribution in [0.25, 0.3) is 0 Å².